The van der Waals surface area contributed by atoms with Crippen LogP contribution in [0.4, 0.5) is 4.39 Å². The van der Waals surface area contributed by atoms with Crippen LogP contribution in [-0.2, 0) is 22.6 Å². The van der Waals surface area contributed by atoms with E-state index in [1.165, 1.54) is 29.2 Å². The van der Waals surface area contributed by atoms with Crippen LogP contribution in [0.1, 0.15) is 41.8 Å². The lowest BCUT2D eigenvalue weighted by Gasteiger charge is -2.34. The number of fused-ring (bicyclic) bond motifs is 1. The van der Waals surface area contributed by atoms with Crippen molar-refractivity contribution in [2.45, 2.75) is 38.8 Å². The summed E-state index contributed by atoms with van der Waals surface area (Å²) in [4.78, 5) is 35.7. The second-order valence-electron chi connectivity index (χ2n) is 7.37. The summed E-state index contributed by atoms with van der Waals surface area (Å²) in [5.41, 5.74) is 1.52. The van der Waals surface area contributed by atoms with Crippen molar-refractivity contribution in [3.8, 4) is 5.06 Å². The highest BCUT2D eigenvalue weighted by Crippen LogP contribution is 2.41. The number of carbonyl (C=O) groups is 2. The standard InChI is InChI=1S/C20H20FNO3S.CH3NO2.ClH/c1-12(23)25-18-10-14-11-22(9-8-17(14)26-18)19(20(24)13-6-7-13)15-4-2-3-5-16(15)21;1-2(3)4;/h2-5,10,13,19H,6-9,11H2,1H3;1H3;1H. The molecular weight excluding hydrogens is 447 g/mol. The Labute approximate surface area is 189 Å². The summed E-state index contributed by atoms with van der Waals surface area (Å²) in [6.07, 6.45) is 2.57. The second-order valence-corrected chi connectivity index (χ2v) is 8.47. The van der Waals surface area contributed by atoms with Crippen LogP contribution in [0, 0.1) is 21.8 Å². The molecular formula is C21H24ClFN2O5S. The number of esters is 1. The van der Waals surface area contributed by atoms with Gasteiger partial charge in [-0.15, -0.1) is 23.7 Å². The fraction of sp³-hybridized carbons (Fsp3) is 0.429. The lowest BCUT2D eigenvalue weighted by Crippen LogP contribution is -2.38. The van der Waals surface area contributed by atoms with E-state index in [1.54, 1.807) is 18.2 Å². The van der Waals surface area contributed by atoms with Gasteiger partial charge in [0.15, 0.2) is 17.9 Å². The van der Waals surface area contributed by atoms with Crippen molar-refractivity contribution >= 4 is 35.5 Å². The van der Waals surface area contributed by atoms with Gasteiger partial charge in [0.1, 0.15) is 5.82 Å². The molecule has 0 bridgehead atoms. The zero-order valence-corrected chi connectivity index (χ0v) is 18.8. The Bertz CT molecular complexity index is 959. The Kier molecular flexibility index (Phi) is 8.67. The third-order valence-corrected chi connectivity index (χ3v) is 6.05. The molecule has 2 aliphatic rings. The van der Waals surface area contributed by atoms with E-state index in [0.29, 0.717) is 23.7 Å². The molecule has 0 saturated heterocycles. The number of halogens is 2. The van der Waals surface area contributed by atoms with Crippen molar-refractivity contribution in [2.24, 2.45) is 5.92 Å². The number of Topliss-reactive ketones (excluding diaryl/α,β-unsaturated/α-hetero) is 1. The van der Waals surface area contributed by atoms with E-state index in [-0.39, 0.29) is 35.9 Å². The summed E-state index contributed by atoms with van der Waals surface area (Å²) in [5, 5.41) is 9.39. The number of carbonyl (C=O) groups excluding carboxylic acids is 2. The van der Waals surface area contributed by atoms with Gasteiger partial charge in [0.25, 0.3) is 0 Å². The zero-order chi connectivity index (χ0) is 21.8. The molecule has 2 heterocycles. The summed E-state index contributed by atoms with van der Waals surface area (Å²) in [7, 11) is 0.889. The third-order valence-electron chi connectivity index (χ3n) is 4.93. The molecule has 4 rings (SSSR count). The molecule has 10 heteroatoms. The number of nitrogens with zero attached hydrogens (tertiary/aromatic N) is 2. The van der Waals surface area contributed by atoms with E-state index in [9.17, 15) is 14.0 Å². The molecule has 1 aromatic heterocycles. The van der Waals surface area contributed by atoms with Crippen LogP contribution in [0.2, 0.25) is 0 Å². The second kappa shape index (κ2) is 10.8. The van der Waals surface area contributed by atoms with Crippen molar-refractivity contribution in [3.05, 3.63) is 62.3 Å². The van der Waals surface area contributed by atoms with E-state index in [0.717, 1.165) is 31.9 Å². The van der Waals surface area contributed by atoms with Crippen LogP contribution in [0.5, 0.6) is 5.06 Å². The number of hydrogen-bond donors (Lipinski definition) is 0. The molecule has 0 spiro atoms. The number of ether oxygens (including phenoxy) is 1. The predicted molar refractivity (Wildman–Crippen MR) is 117 cm³/mol. The molecule has 0 radical (unpaired) electrons. The number of rotatable bonds is 5. The molecule has 1 aliphatic carbocycles. The molecule has 0 N–H and O–H groups in total. The highest BCUT2D eigenvalue weighted by Gasteiger charge is 2.40. The first-order valence-electron chi connectivity index (χ1n) is 9.66. The molecule has 0 amide bonds. The van der Waals surface area contributed by atoms with Crippen LogP contribution in [0.15, 0.2) is 30.3 Å². The lowest BCUT2D eigenvalue weighted by molar-refractivity contribution is -0.445. The fourth-order valence-electron chi connectivity index (χ4n) is 3.56. The van der Waals surface area contributed by atoms with Crippen LogP contribution in [0.25, 0.3) is 0 Å². The van der Waals surface area contributed by atoms with Gasteiger partial charge < -0.3 is 4.74 Å². The minimum Gasteiger partial charge on any atom is -0.416 e. The Hall–Kier alpha value is -2.36. The van der Waals surface area contributed by atoms with Gasteiger partial charge in [-0.1, -0.05) is 18.2 Å². The van der Waals surface area contributed by atoms with Gasteiger partial charge >= 0.3 is 5.97 Å². The van der Waals surface area contributed by atoms with Gasteiger partial charge in [-0.2, -0.15) is 0 Å². The number of thiophene rings is 1. The van der Waals surface area contributed by atoms with Crippen molar-refractivity contribution < 1.29 is 23.6 Å². The smallest absolute Gasteiger partial charge is 0.308 e. The quantitative estimate of drug-likeness (QED) is 0.369. The topological polar surface area (TPSA) is 89.8 Å². The molecule has 1 atom stereocenters. The molecule has 2 aromatic rings. The minimum atomic E-state index is -0.547. The van der Waals surface area contributed by atoms with Gasteiger partial charge in [-0.05, 0) is 37.0 Å². The summed E-state index contributed by atoms with van der Waals surface area (Å²) >= 11 is 1.47. The van der Waals surface area contributed by atoms with E-state index >= 15 is 0 Å². The molecule has 1 saturated carbocycles. The fourth-order valence-corrected chi connectivity index (χ4v) is 4.61. The molecule has 1 fully saturated rings. The van der Waals surface area contributed by atoms with Gasteiger partial charge in [-0.3, -0.25) is 24.6 Å². The average molecular weight is 471 g/mol. The lowest BCUT2D eigenvalue weighted by atomic mass is 9.95. The summed E-state index contributed by atoms with van der Waals surface area (Å²) in [6, 6.07) is 7.89. The Balaban J connectivity index is 0.000000631. The number of ketones is 1. The number of hydrogen-bond acceptors (Lipinski definition) is 7. The number of benzene rings is 1. The maximum absolute atomic E-state index is 14.4. The summed E-state index contributed by atoms with van der Waals surface area (Å²) in [6.45, 7) is 2.63. The van der Waals surface area contributed by atoms with Crippen LogP contribution in [-0.4, -0.2) is 35.2 Å². The van der Waals surface area contributed by atoms with Gasteiger partial charge in [-0.25, -0.2) is 4.39 Å². The van der Waals surface area contributed by atoms with Crippen molar-refractivity contribution in [1.29, 1.82) is 0 Å². The average Bonchev–Trinajstić information content (AvgIpc) is 3.43. The van der Waals surface area contributed by atoms with Crippen molar-refractivity contribution in [2.75, 3.05) is 13.6 Å². The Morgan fingerprint density at radius 3 is 2.55 bits per heavy atom. The highest BCUT2D eigenvalue weighted by atomic mass is 35.5. The van der Waals surface area contributed by atoms with Gasteiger partial charge in [0, 0.05) is 41.3 Å². The van der Waals surface area contributed by atoms with Crippen molar-refractivity contribution in [3.63, 3.8) is 0 Å². The van der Waals surface area contributed by atoms with Gasteiger partial charge in [0.2, 0.25) is 0 Å². The largest absolute Gasteiger partial charge is 0.416 e. The Morgan fingerprint density at radius 2 is 1.97 bits per heavy atom. The molecule has 1 aliphatic heterocycles. The molecule has 168 valence electrons. The minimum absolute atomic E-state index is 0. The number of nitro groups is 1. The van der Waals surface area contributed by atoms with Crippen LogP contribution >= 0.6 is 23.7 Å². The van der Waals surface area contributed by atoms with Crippen LogP contribution in [0.3, 0.4) is 0 Å². The molecule has 1 unspecified atom stereocenters. The van der Waals surface area contributed by atoms with Crippen molar-refractivity contribution in [1.82, 2.24) is 4.90 Å². The van der Waals surface area contributed by atoms with Gasteiger partial charge in [0.05, 0.1) is 6.04 Å². The normalized spacial score (nSPS) is 16.1. The third kappa shape index (κ3) is 6.56. The first kappa shape index (κ1) is 24.9. The van der Waals surface area contributed by atoms with Crippen LogP contribution < -0.4 is 4.74 Å². The first-order chi connectivity index (χ1) is 14.3. The maximum atomic E-state index is 14.4. The highest BCUT2D eigenvalue weighted by molar-refractivity contribution is 7.14. The molecule has 1 aromatic carbocycles. The van der Waals surface area contributed by atoms with E-state index in [1.807, 2.05) is 6.07 Å². The monoisotopic (exact) mass is 470 g/mol. The zero-order valence-electron chi connectivity index (χ0n) is 17.2. The summed E-state index contributed by atoms with van der Waals surface area (Å²) < 4.78 is 19.6. The first-order valence-corrected chi connectivity index (χ1v) is 10.5. The maximum Gasteiger partial charge on any atom is 0.308 e. The van der Waals surface area contributed by atoms with E-state index in [4.69, 9.17) is 14.9 Å². The molecule has 7 nitrogen and oxygen atoms in total. The summed E-state index contributed by atoms with van der Waals surface area (Å²) in [5.74, 6) is -0.495. The predicted octanol–water partition coefficient (Wildman–Crippen LogP) is 4.21. The molecule has 31 heavy (non-hydrogen) atoms. The van der Waals surface area contributed by atoms with E-state index < -0.39 is 11.0 Å². The SMILES string of the molecule is CC(=O)Oc1cc2c(s1)CCN(C(C(=O)C1CC1)c1ccccc1F)C2.C[N+](=O)[O-].Cl. The Morgan fingerprint density at radius 1 is 1.32 bits per heavy atom. The van der Waals surface area contributed by atoms with E-state index in [2.05, 4.69) is 4.90 Å².